The summed E-state index contributed by atoms with van der Waals surface area (Å²) in [5.41, 5.74) is 2.48. The molecule has 2 unspecified atom stereocenters. The molecule has 0 saturated heterocycles. The smallest absolute Gasteiger partial charge is 0.322 e. The summed E-state index contributed by atoms with van der Waals surface area (Å²) in [6, 6.07) is 5.61. The predicted octanol–water partition coefficient (Wildman–Crippen LogP) is 1.38. The molecule has 0 saturated carbocycles. The Morgan fingerprint density at radius 2 is 2.17 bits per heavy atom. The summed E-state index contributed by atoms with van der Waals surface area (Å²) >= 11 is 0. The Morgan fingerprint density at radius 1 is 1.44 bits per heavy atom. The molecule has 4 nitrogen and oxygen atoms in total. The van der Waals surface area contributed by atoms with Crippen LogP contribution in [-0.2, 0) is 33.2 Å². The summed E-state index contributed by atoms with van der Waals surface area (Å²) in [5, 5.41) is 8.05. The highest BCUT2D eigenvalue weighted by Crippen LogP contribution is 2.25. The van der Waals surface area contributed by atoms with Crippen molar-refractivity contribution in [2.45, 2.75) is 29.4 Å². The highest BCUT2D eigenvalue weighted by atomic mass is 32.2. The van der Waals surface area contributed by atoms with Gasteiger partial charge in [-0.05, 0) is 42.5 Å². The summed E-state index contributed by atoms with van der Waals surface area (Å²) in [5.74, 6) is -1.09. The van der Waals surface area contributed by atoms with Crippen molar-refractivity contribution in [2.24, 2.45) is 0 Å². The largest absolute Gasteiger partial charge is 0.480 e. The number of benzene rings is 1. The molecular weight excluding hydrogens is 252 g/mol. The van der Waals surface area contributed by atoms with Gasteiger partial charge in [0.15, 0.2) is 5.25 Å². The molecule has 98 valence electrons. The second kappa shape index (κ2) is 5.63. The van der Waals surface area contributed by atoms with E-state index in [4.69, 9.17) is 9.84 Å². The zero-order valence-corrected chi connectivity index (χ0v) is 11.0. The Hall–Kier alpha value is -1.20. The molecule has 0 spiro atoms. The van der Waals surface area contributed by atoms with Crippen LogP contribution in [0.2, 0.25) is 0 Å². The maximum Gasteiger partial charge on any atom is 0.322 e. The number of carbonyl (C=O) groups is 1. The van der Waals surface area contributed by atoms with Crippen molar-refractivity contribution < 1.29 is 18.8 Å². The minimum absolute atomic E-state index is 0.0426. The van der Waals surface area contributed by atoms with Crippen LogP contribution < -0.4 is 0 Å². The predicted molar refractivity (Wildman–Crippen MR) is 68.2 cm³/mol. The molecule has 1 aromatic rings. The number of rotatable bonds is 5. The van der Waals surface area contributed by atoms with Crippen LogP contribution in [0.15, 0.2) is 23.1 Å². The third kappa shape index (κ3) is 2.62. The zero-order chi connectivity index (χ0) is 13.1. The number of ether oxygens (including phenoxy) is 1. The lowest BCUT2D eigenvalue weighted by Gasteiger charge is -2.12. The lowest BCUT2D eigenvalue weighted by Crippen LogP contribution is -2.30. The minimum atomic E-state index is -1.57. The third-order valence-electron chi connectivity index (χ3n) is 3.15. The van der Waals surface area contributed by atoms with Gasteiger partial charge >= 0.3 is 5.97 Å². The average molecular weight is 268 g/mol. The highest BCUT2D eigenvalue weighted by Gasteiger charge is 2.26. The summed E-state index contributed by atoms with van der Waals surface area (Å²) in [6.45, 7) is -0.0426. The molecule has 0 radical (unpaired) electrons. The number of methoxy groups -OCH3 is 1. The van der Waals surface area contributed by atoms with Crippen molar-refractivity contribution in [1.82, 2.24) is 0 Å². The van der Waals surface area contributed by atoms with Crippen LogP contribution >= 0.6 is 0 Å². The Balaban J connectivity index is 2.24. The minimum Gasteiger partial charge on any atom is -0.480 e. The molecular formula is C13H16O4S. The first-order valence-corrected chi connectivity index (χ1v) is 7.09. The molecule has 5 heteroatoms. The van der Waals surface area contributed by atoms with Crippen molar-refractivity contribution in [3.63, 3.8) is 0 Å². The van der Waals surface area contributed by atoms with Crippen molar-refractivity contribution in [3.8, 4) is 0 Å². The van der Waals surface area contributed by atoms with Gasteiger partial charge in [-0.1, -0.05) is 6.07 Å². The van der Waals surface area contributed by atoms with Gasteiger partial charge in [0.2, 0.25) is 0 Å². The first-order chi connectivity index (χ1) is 8.63. The molecule has 0 aromatic heterocycles. The van der Waals surface area contributed by atoms with Crippen LogP contribution in [0.3, 0.4) is 0 Å². The van der Waals surface area contributed by atoms with E-state index in [1.165, 1.54) is 18.2 Å². The maximum absolute atomic E-state index is 12.2. The van der Waals surface area contributed by atoms with Gasteiger partial charge < -0.3 is 9.84 Å². The first-order valence-electron chi connectivity index (χ1n) is 5.87. The van der Waals surface area contributed by atoms with Crippen LogP contribution in [-0.4, -0.2) is 34.3 Å². The standard InChI is InChI=1S/C13H16O4S/c1-17-8-12(13(14)15)18(16)11-6-5-9-3-2-4-10(9)7-11/h5-7,12H,2-4,8H2,1H3,(H,14,15). The third-order valence-corrected chi connectivity index (χ3v) is 4.73. The van der Waals surface area contributed by atoms with Crippen molar-refractivity contribution in [3.05, 3.63) is 29.3 Å². The molecule has 0 heterocycles. The summed E-state index contributed by atoms with van der Waals surface area (Å²) < 4.78 is 17.1. The van der Waals surface area contributed by atoms with E-state index in [9.17, 15) is 9.00 Å². The number of fused-ring (bicyclic) bond motifs is 1. The van der Waals surface area contributed by atoms with Gasteiger partial charge in [-0.25, -0.2) is 0 Å². The average Bonchev–Trinajstić information content (AvgIpc) is 2.81. The van der Waals surface area contributed by atoms with E-state index in [1.807, 2.05) is 12.1 Å². The highest BCUT2D eigenvalue weighted by molar-refractivity contribution is 7.86. The van der Waals surface area contributed by atoms with Gasteiger partial charge in [0, 0.05) is 12.0 Å². The van der Waals surface area contributed by atoms with Gasteiger partial charge in [0.05, 0.1) is 17.4 Å². The van der Waals surface area contributed by atoms with E-state index in [0.29, 0.717) is 4.90 Å². The Kier molecular flexibility index (Phi) is 4.14. The number of carboxylic acids is 1. The van der Waals surface area contributed by atoms with Gasteiger partial charge in [-0.15, -0.1) is 0 Å². The van der Waals surface area contributed by atoms with Gasteiger partial charge in [0.1, 0.15) is 0 Å². The van der Waals surface area contributed by atoms with Crippen LogP contribution in [0.1, 0.15) is 17.5 Å². The fourth-order valence-corrected chi connectivity index (χ4v) is 3.45. The normalized spacial score (nSPS) is 17.2. The zero-order valence-electron chi connectivity index (χ0n) is 10.2. The first kappa shape index (κ1) is 13.2. The molecule has 0 fully saturated rings. The van der Waals surface area contributed by atoms with Gasteiger partial charge in [0.25, 0.3) is 0 Å². The van der Waals surface area contributed by atoms with Gasteiger partial charge in [-0.2, -0.15) is 0 Å². The van der Waals surface area contributed by atoms with Gasteiger partial charge in [-0.3, -0.25) is 9.00 Å². The molecule has 2 atom stereocenters. The van der Waals surface area contributed by atoms with Crippen molar-refractivity contribution in [2.75, 3.05) is 13.7 Å². The van der Waals surface area contributed by atoms with E-state index >= 15 is 0 Å². The molecule has 0 bridgehead atoms. The number of aliphatic carboxylic acids is 1. The monoisotopic (exact) mass is 268 g/mol. The Morgan fingerprint density at radius 3 is 2.83 bits per heavy atom. The fourth-order valence-electron chi connectivity index (χ4n) is 2.21. The molecule has 1 aromatic carbocycles. The van der Waals surface area contributed by atoms with E-state index in [-0.39, 0.29) is 6.61 Å². The Bertz CT molecular complexity index is 484. The number of hydrogen-bond donors (Lipinski definition) is 1. The van der Waals surface area contributed by atoms with E-state index in [2.05, 4.69) is 0 Å². The van der Waals surface area contributed by atoms with Crippen LogP contribution in [0, 0.1) is 0 Å². The molecule has 1 aliphatic carbocycles. The molecule has 2 rings (SSSR count). The van der Waals surface area contributed by atoms with E-state index in [0.717, 1.165) is 19.3 Å². The van der Waals surface area contributed by atoms with Crippen molar-refractivity contribution >= 4 is 16.8 Å². The van der Waals surface area contributed by atoms with Crippen LogP contribution in [0.5, 0.6) is 0 Å². The molecule has 0 aliphatic heterocycles. The summed E-state index contributed by atoms with van der Waals surface area (Å²) in [4.78, 5) is 11.6. The second-order valence-electron chi connectivity index (χ2n) is 4.36. The number of hydrogen-bond acceptors (Lipinski definition) is 3. The van der Waals surface area contributed by atoms with E-state index < -0.39 is 22.0 Å². The van der Waals surface area contributed by atoms with Crippen molar-refractivity contribution in [1.29, 1.82) is 0 Å². The fraction of sp³-hybridized carbons (Fsp3) is 0.462. The molecule has 0 amide bonds. The lowest BCUT2D eigenvalue weighted by molar-refractivity contribution is -0.137. The SMILES string of the molecule is COCC(C(=O)O)S(=O)c1ccc2c(c1)CCC2. The quantitative estimate of drug-likeness (QED) is 0.876. The topological polar surface area (TPSA) is 63.6 Å². The van der Waals surface area contributed by atoms with Crippen LogP contribution in [0.25, 0.3) is 0 Å². The second-order valence-corrected chi connectivity index (χ2v) is 6.00. The maximum atomic E-state index is 12.2. The summed E-state index contributed by atoms with van der Waals surface area (Å²) in [6.07, 6.45) is 3.16. The molecule has 1 aliphatic rings. The van der Waals surface area contributed by atoms with E-state index in [1.54, 1.807) is 6.07 Å². The summed E-state index contributed by atoms with van der Waals surface area (Å²) in [7, 11) is -0.156. The number of carboxylic acid groups (broad SMARTS) is 1. The lowest BCUT2D eigenvalue weighted by atomic mass is 10.1. The molecule has 1 N–H and O–H groups in total. The number of aryl methyl sites for hydroxylation is 2. The van der Waals surface area contributed by atoms with Crippen LogP contribution in [0.4, 0.5) is 0 Å². The molecule has 18 heavy (non-hydrogen) atoms. The Labute approximate surface area is 108 Å².